The van der Waals surface area contributed by atoms with Gasteiger partial charge in [0.05, 0.1) is 19.4 Å². The van der Waals surface area contributed by atoms with Gasteiger partial charge >= 0.3 is 0 Å². The summed E-state index contributed by atoms with van der Waals surface area (Å²) in [6, 6.07) is 4.70. The van der Waals surface area contributed by atoms with E-state index in [1.807, 2.05) is 13.8 Å². The molecule has 11 heteroatoms. The molecule has 2 N–H and O–H groups in total. The van der Waals surface area contributed by atoms with Crippen molar-refractivity contribution in [1.82, 2.24) is 15.2 Å². The molecule has 10 nitrogen and oxygen atoms in total. The molecule has 2 saturated heterocycles. The third kappa shape index (κ3) is 5.46. The van der Waals surface area contributed by atoms with Crippen molar-refractivity contribution < 1.29 is 23.8 Å². The highest BCUT2D eigenvalue weighted by molar-refractivity contribution is 7.15. The molecule has 0 aliphatic carbocycles. The van der Waals surface area contributed by atoms with Crippen LogP contribution < -0.4 is 20.1 Å². The van der Waals surface area contributed by atoms with Gasteiger partial charge in [-0.2, -0.15) is 0 Å². The number of nitrogens with zero attached hydrogens (tertiary/aromatic N) is 3. The molecule has 2 fully saturated rings. The van der Waals surface area contributed by atoms with Crippen LogP contribution in [0.15, 0.2) is 41.3 Å². The zero-order valence-electron chi connectivity index (χ0n) is 19.6. The minimum absolute atomic E-state index is 0.0588. The number of thiazole rings is 1. The van der Waals surface area contributed by atoms with E-state index in [9.17, 15) is 9.59 Å². The standard InChI is InChI=1S/C24H27N5O5S/c1-14-11-26-24(35-14)28-21(30)16-8-18(33-17-4-7-32-13-17)10-19(9-16)34-22-15(2)27-20(12-25-22)23(31)29-5-3-6-29/h8-12,15,17,27H,3-7,13H2,1-2H3,(H,26,28,30). The molecule has 0 spiro atoms. The lowest BCUT2D eigenvalue weighted by Crippen LogP contribution is -2.48. The van der Waals surface area contributed by atoms with Gasteiger partial charge in [-0.3, -0.25) is 14.9 Å². The summed E-state index contributed by atoms with van der Waals surface area (Å²) in [7, 11) is 0. The number of aryl methyl sites for hydroxylation is 1. The van der Waals surface area contributed by atoms with Crippen LogP contribution in [0.25, 0.3) is 0 Å². The Hall–Kier alpha value is -3.44. The molecule has 184 valence electrons. The van der Waals surface area contributed by atoms with Crippen molar-refractivity contribution in [3.8, 4) is 11.5 Å². The van der Waals surface area contributed by atoms with E-state index < -0.39 is 0 Å². The van der Waals surface area contributed by atoms with Crippen molar-refractivity contribution in [2.24, 2.45) is 4.99 Å². The van der Waals surface area contributed by atoms with E-state index in [1.54, 1.807) is 29.3 Å². The van der Waals surface area contributed by atoms with Gasteiger partial charge in [-0.05, 0) is 32.4 Å². The van der Waals surface area contributed by atoms with Gasteiger partial charge in [0.2, 0.25) is 5.90 Å². The number of nitrogens with one attached hydrogen (secondary N) is 2. The maximum Gasteiger partial charge on any atom is 0.271 e. The highest BCUT2D eigenvalue weighted by atomic mass is 32.1. The SMILES string of the molecule is Cc1cnc(NC(=O)c2cc(OC3=NC=C(C(=O)N4CCC4)NC3C)cc(OC3CCOC3)c2)s1. The molecule has 1 aromatic heterocycles. The van der Waals surface area contributed by atoms with Crippen LogP contribution in [0.4, 0.5) is 5.13 Å². The molecule has 35 heavy (non-hydrogen) atoms. The molecular formula is C24H27N5O5S. The van der Waals surface area contributed by atoms with Gasteiger partial charge in [-0.15, -0.1) is 11.3 Å². The average molecular weight is 498 g/mol. The van der Waals surface area contributed by atoms with Gasteiger partial charge < -0.3 is 24.4 Å². The number of carbonyl (C=O) groups excluding carboxylic acids is 2. The minimum atomic E-state index is -0.330. The fraction of sp³-hybridized carbons (Fsp3) is 0.417. The quantitative estimate of drug-likeness (QED) is 0.631. The highest BCUT2D eigenvalue weighted by Crippen LogP contribution is 2.28. The van der Waals surface area contributed by atoms with Gasteiger partial charge in [-0.25, -0.2) is 9.98 Å². The first kappa shape index (κ1) is 23.3. The topological polar surface area (TPSA) is 114 Å². The number of ether oxygens (including phenoxy) is 3. The average Bonchev–Trinajstić information content (AvgIpc) is 3.45. The molecular weight excluding hydrogens is 470 g/mol. The Balaban J connectivity index is 1.37. The second-order valence-corrected chi connectivity index (χ2v) is 9.89. The number of amides is 2. The van der Waals surface area contributed by atoms with Crippen LogP contribution in [0.1, 0.15) is 35.0 Å². The number of carbonyl (C=O) groups is 2. The molecule has 2 aromatic rings. The summed E-state index contributed by atoms with van der Waals surface area (Å²) in [4.78, 5) is 36.8. The zero-order valence-corrected chi connectivity index (χ0v) is 20.4. The van der Waals surface area contributed by atoms with Crippen LogP contribution in [0.5, 0.6) is 11.5 Å². The first-order valence-electron chi connectivity index (χ1n) is 11.6. The number of likely N-dealkylation sites (tertiary alicyclic amines) is 1. The number of benzene rings is 1. The van der Waals surface area contributed by atoms with Crippen molar-refractivity contribution in [3.05, 3.63) is 46.7 Å². The summed E-state index contributed by atoms with van der Waals surface area (Å²) < 4.78 is 17.5. The highest BCUT2D eigenvalue weighted by Gasteiger charge is 2.28. The number of hydrogen-bond donors (Lipinski definition) is 2. The lowest BCUT2D eigenvalue weighted by atomic mass is 10.1. The lowest BCUT2D eigenvalue weighted by Gasteiger charge is -2.33. The van der Waals surface area contributed by atoms with Crippen molar-refractivity contribution in [1.29, 1.82) is 0 Å². The van der Waals surface area contributed by atoms with Crippen molar-refractivity contribution in [3.63, 3.8) is 0 Å². The number of aliphatic imine (C=N–C) groups is 1. The smallest absolute Gasteiger partial charge is 0.271 e. The van der Waals surface area contributed by atoms with E-state index >= 15 is 0 Å². The maximum absolute atomic E-state index is 13.0. The number of aromatic nitrogens is 1. The van der Waals surface area contributed by atoms with E-state index in [0.717, 1.165) is 30.8 Å². The van der Waals surface area contributed by atoms with Crippen LogP contribution in [-0.4, -0.2) is 66.0 Å². The summed E-state index contributed by atoms with van der Waals surface area (Å²) in [5.74, 6) is 0.904. The third-order valence-electron chi connectivity index (χ3n) is 5.83. The molecule has 0 saturated carbocycles. The monoisotopic (exact) mass is 497 g/mol. The van der Waals surface area contributed by atoms with Crippen LogP contribution in [0.3, 0.4) is 0 Å². The Kier molecular flexibility index (Phi) is 6.69. The van der Waals surface area contributed by atoms with Gasteiger partial charge in [0, 0.05) is 42.2 Å². The number of rotatable bonds is 6. The second-order valence-electron chi connectivity index (χ2n) is 8.65. The van der Waals surface area contributed by atoms with Crippen molar-refractivity contribution in [2.75, 3.05) is 31.6 Å². The molecule has 2 atom stereocenters. The van der Waals surface area contributed by atoms with E-state index in [-0.39, 0.29) is 24.0 Å². The third-order valence-corrected chi connectivity index (χ3v) is 6.66. The molecule has 5 rings (SSSR count). The van der Waals surface area contributed by atoms with Crippen molar-refractivity contribution in [2.45, 2.75) is 38.8 Å². The Morgan fingerprint density at radius 3 is 2.74 bits per heavy atom. The molecule has 3 aliphatic heterocycles. The fourth-order valence-corrected chi connectivity index (χ4v) is 4.48. The van der Waals surface area contributed by atoms with E-state index in [4.69, 9.17) is 14.2 Å². The van der Waals surface area contributed by atoms with Crippen molar-refractivity contribution >= 4 is 34.2 Å². The second kappa shape index (κ2) is 10.0. The first-order chi connectivity index (χ1) is 16.9. The summed E-state index contributed by atoms with van der Waals surface area (Å²) in [5.41, 5.74) is 0.812. The van der Waals surface area contributed by atoms with Gasteiger partial charge in [0.1, 0.15) is 29.3 Å². The Bertz CT molecular complexity index is 1180. The summed E-state index contributed by atoms with van der Waals surface area (Å²) in [6.07, 6.45) is 4.91. The van der Waals surface area contributed by atoms with Gasteiger partial charge in [0.15, 0.2) is 5.13 Å². The molecule has 4 heterocycles. The minimum Gasteiger partial charge on any atom is -0.488 e. The van der Waals surface area contributed by atoms with E-state index in [1.165, 1.54) is 17.5 Å². The molecule has 3 aliphatic rings. The Morgan fingerprint density at radius 2 is 2.09 bits per heavy atom. The van der Waals surface area contributed by atoms with Crippen LogP contribution in [0, 0.1) is 6.92 Å². The molecule has 0 radical (unpaired) electrons. The van der Waals surface area contributed by atoms with Gasteiger partial charge in [0.25, 0.3) is 11.8 Å². The Morgan fingerprint density at radius 1 is 1.26 bits per heavy atom. The number of hydrogen-bond acceptors (Lipinski definition) is 9. The zero-order chi connectivity index (χ0) is 24.4. The largest absolute Gasteiger partial charge is 0.488 e. The summed E-state index contributed by atoms with van der Waals surface area (Å²) >= 11 is 1.40. The van der Waals surface area contributed by atoms with E-state index in [2.05, 4.69) is 20.6 Å². The summed E-state index contributed by atoms with van der Waals surface area (Å²) in [5, 5.41) is 6.50. The number of anilines is 1. The Labute approximate surface area is 207 Å². The van der Waals surface area contributed by atoms with E-state index in [0.29, 0.717) is 47.0 Å². The normalized spacial score (nSPS) is 21.4. The maximum atomic E-state index is 13.0. The van der Waals surface area contributed by atoms with Crippen LogP contribution in [-0.2, 0) is 9.53 Å². The molecule has 2 unspecified atom stereocenters. The predicted molar refractivity (Wildman–Crippen MR) is 131 cm³/mol. The fourth-order valence-electron chi connectivity index (χ4n) is 3.82. The lowest BCUT2D eigenvalue weighted by molar-refractivity contribution is -0.130. The molecule has 2 amide bonds. The predicted octanol–water partition coefficient (Wildman–Crippen LogP) is 2.71. The summed E-state index contributed by atoms with van der Waals surface area (Å²) in [6.45, 7) is 6.46. The van der Waals surface area contributed by atoms with Crippen LogP contribution >= 0.6 is 11.3 Å². The molecule has 1 aromatic carbocycles. The molecule has 0 bridgehead atoms. The van der Waals surface area contributed by atoms with Gasteiger partial charge in [-0.1, -0.05) is 0 Å². The first-order valence-corrected chi connectivity index (χ1v) is 12.4. The van der Waals surface area contributed by atoms with Crippen LogP contribution in [0.2, 0.25) is 0 Å².